The van der Waals surface area contributed by atoms with Crippen LogP contribution in [0.15, 0.2) is 67.1 Å². The van der Waals surface area contributed by atoms with Crippen LogP contribution in [0, 0.1) is 0 Å². The Bertz CT molecular complexity index is 1910. The van der Waals surface area contributed by atoms with E-state index in [2.05, 4.69) is 46.4 Å². The van der Waals surface area contributed by atoms with Crippen LogP contribution in [0.1, 0.15) is 39.3 Å². The van der Waals surface area contributed by atoms with Crippen LogP contribution in [0.5, 0.6) is 23.3 Å². The number of carbonyl (C=O) groups excluding carboxylic acids is 2. The van der Waals surface area contributed by atoms with Gasteiger partial charge >= 0.3 is 12.0 Å². The second-order valence-corrected chi connectivity index (χ2v) is 12.7. The normalized spacial score (nSPS) is 14.1. The Hall–Kier alpha value is -5.50. The van der Waals surface area contributed by atoms with Crippen molar-refractivity contribution in [2.45, 2.75) is 39.0 Å². The molecule has 2 aliphatic heterocycles. The zero-order chi connectivity index (χ0) is 31.8. The monoisotopic (exact) mass is 638 g/mol. The number of hydrogen-bond donors (Lipinski definition) is 2. The van der Waals surface area contributed by atoms with E-state index in [1.54, 1.807) is 15.8 Å². The molecule has 13 nitrogen and oxygen atoms in total. The van der Waals surface area contributed by atoms with Gasteiger partial charge in [-0.1, -0.05) is 32.1 Å². The first kappa shape index (κ1) is 29.2. The largest absolute Gasteiger partial charge is 0.454 e. The second-order valence-electron chi connectivity index (χ2n) is 11.7. The molecule has 7 rings (SSSR count). The molecule has 0 bridgehead atoms. The number of urea groups is 1. The number of benzene rings is 2. The second kappa shape index (κ2) is 11.8. The number of nitrogens with one attached hydrogen (secondary N) is 2. The highest BCUT2D eigenvalue weighted by Crippen LogP contribution is 2.36. The standard InChI is InChI=1S/C32H30N8O5S/c1-32(2,3)26-14-27(40(38-26)21-8-11-23-24(13-21)44-18-43-23)37-29(42)36-20-15-33-30(34-16-20)45-22-9-6-19(7-10-22)25-17-35-31(46-25)39-12-4-5-28(39)41/h6-11,13-17H,4-5,12,18H2,1-3H3,(H2,36,37,42). The minimum atomic E-state index is -0.490. The maximum Gasteiger partial charge on any atom is 0.324 e. The molecule has 0 radical (unpaired) electrons. The van der Waals surface area contributed by atoms with Crippen LogP contribution >= 0.6 is 11.3 Å². The van der Waals surface area contributed by atoms with Gasteiger partial charge in [0.05, 0.1) is 34.3 Å². The summed E-state index contributed by atoms with van der Waals surface area (Å²) in [4.78, 5) is 40.7. The Morgan fingerprint density at radius 2 is 1.74 bits per heavy atom. The molecule has 234 valence electrons. The minimum absolute atomic E-state index is 0.117. The van der Waals surface area contributed by atoms with Crippen molar-refractivity contribution in [3.05, 3.63) is 72.8 Å². The number of nitrogens with zero attached hydrogens (tertiary/aromatic N) is 6. The van der Waals surface area contributed by atoms with Crippen molar-refractivity contribution in [3.63, 3.8) is 0 Å². The molecule has 3 amide bonds. The van der Waals surface area contributed by atoms with E-state index < -0.39 is 6.03 Å². The maximum absolute atomic E-state index is 13.0. The van der Waals surface area contributed by atoms with Crippen molar-refractivity contribution in [2.24, 2.45) is 0 Å². The fraction of sp³-hybridized carbons (Fsp3) is 0.250. The number of ether oxygens (including phenoxy) is 3. The number of thiazole rings is 1. The molecule has 0 unspecified atom stereocenters. The smallest absolute Gasteiger partial charge is 0.324 e. The van der Waals surface area contributed by atoms with Gasteiger partial charge in [-0.05, 0) is 48.4 Å². The predicted molar refractivity (Wildman–Crippen MR) is 172 cm³/mol. The molecular formula is C32H30N8O5S. The topological polar surface area (TPSA) is 146 Å². The van der Waals surface area contributed by atoms with E-state index in [1.165, 1.54) is 23.7 Å². The van der Waals surface area contributed by atoms with E-state index in [-0.39, 0.29) is 24.1 Å². The Morgan fingerprint density at radius 3 is 2.48 bits per heavy atom. The van der Waals surface area contributed by atoms with Gasteiger partial charge in [0.25, 0.3) is 0 Å². The summed E-state index contributed by atoms with van der Waals surface area (Å²) in [6.45, 7) is 7.02. The summed E-state index contributed by atoms with van der Waals surface area (Å²) in [5.74, 6) is 2.41. The Labute approximate surface area is 268 Å². The van der Waals surface area contributed by atoms with Gasteiger partial charge in [0.2, 0.25) is 12.7 Å². The van der Waals surface area contributed by atoms with Gasteiger partial charge in [0.1, 0.15) is 11.6 Å². The van der Waals surface area contributed by atoms with Crippen molar-refractivity contribution in [2.75, 3.05) is 28.9 Å². The van der Waals surface area contributed by atoms with Crippen LogP contribution in [0.25, 0.3) is 16.1 Å². The molecule has 3 aromatic heterocycles. The lowest BCUT2D eigenvalue weighted by atomic mass is 9.92. The SMILES string of the molecule is CC(C)(C)c1cc(NC(=O)Nc2cnc(Oc3ccc(-c4cnc(N5CCCC5=O)s4)cc3)nc2)n(-c2ccc3c(c2)OCO3)n1. The zero-order valence-corrected chi connectivity index (χ0v) is 26.1. The minimum Gasteiger partial charge on any atom is -0.454 e. The molecule has 1 fully saturated rings. The van der Waals surface area contributed by atoms with Crippen LogP contribution in [-0.2, 0) is 10.2 Å². The first-order chi connectivity index (χ1) is 22.2. The van der Waals surface area contributed by atoms with E-state index in [0.717, 1.165) is 27.7 Å². The third-order valence-corrected chi connectivity index (χ3v) is 8.42. The molecule has 5 aromatic rings. The summed E-state index contributed by atoms with van der Waals surface area (Å²) in [5, 5.41) is 11.1. The number of hydrogen-bond acceptors (Lipinski definition) is 10. The molecule has 46 heavy (non-hydrogen) atoms. The Morgan fingerprint density at radius 1 is 0.957 bits per heavy atom. The number of amides is 3. The molecular weight excluding hydrogens is 608 g/mol. The van der Waals surface area contributed by atoms with Crippen molar-refractivity contribution in [3.8, 4) is 39.4 Å². The van der Waals surface area contributed by atoms with E-state index in [9.17, 15) is 9.59 Å². The molecule has 14 heteroatoms. The fourth-order valence-corrected chi connectivity index (χ4v) is 5.89. The molecule has 2 N–H and O–H groups in total. The van der Waals surface area contributed by atoms with Crippen LogP contribution < -0.4 is 29.7 Å². The third kappa shape index (κ3) is 6.06. The molecule has 0 spiro atoms. The van der Waals surface area contributed by atoms with Gasteiger partial charge in [-0.2, -0.15) is 5.10 Å². The van der Waals surface area contributed by atoms with Gasteiger partial charge in [0.15, 0.2) is 16.6 Å². The molecule has 2 aliphatic rings. The van der Waals surface area contributed by atoms with Gasteiger partial charge in [-0.25, -0.2) is 24.4 Å². The summed E-state index contributed by atoms with van der Waals surface area (Å²) in [6, 6.07) is 14.4. The van der Waals surface area contributed by atoms with E-state index >= 15 is 0 Å². The van der Waals surface area contributed by atoms with Crippen LogP contribution in [0.3, 0.4) is 0 Å². The highest BCUT2D eigenvalue weighted by atomic mass is 32.1. The van der Waals surface area contributed by atoms with Gasteiger partial charge < -0.3 is 19.5 Å². The van der Waals surface area contributed by atoms with Crippen molar-refractivity contribution in [1.82, 2.24) is 24.7 Å². The molecule has 5 heterocycles. The molecule has 0 saturated carbocycles. The first-order valence-electron chi connectivity index (χ1n) is 14.6. The molecule has 1 saturated heterocycles. The number of fused-ring (bicyclic) bond motifs is 1. The zero-order valence-electron chi connectivity index (χ0n) is 25.3. The molecule has 2 aromatic carbocycles. The lowest BCUT2D eigenvalue weighted by Crippen LogP contribution is -2.23. The average molecular weight is 639 g/mol. The predicted octanol–water partition coefficient (Wildman–Crippen LogP) is 6.38. The average Bonchev–Trinajstić information content (AvgIpc) is 3.85. The summed E-state index contributed by atoms with van der Waals surface area (Å²) in [7, 11) is 0. The molecule has 0 atom stereocenters. The number of rotatable bonds is 7. The lowest BCUT2D eigenvalue weighted by molar-refractivity contribution is -0.117. The van der Waals surface area contributed by atoms with E-state index in [0.29, 0.717) is 47.4 Å². The van der Waals surface area contributed by atoms with Crippen LogP contribution in [0.2, 0.25) is 0 Å². The highest BCUT2D eigenvalue weighted by molar-refractivity contribution is 7.19. The van der Waals surface area contributed by atoms with Gasteiger partial charge in [0, 0.05) is 36.7 Å². The number of anilines is 3. The quantitative estimate of drug-likeness (QED) is 0.207. The van der Waals surface area contributed by atoms with Gasteiger partial charge in [-0.15, -0.1) is 0 Å². The van der Waals surface area contributed by atoms with Gasteiger partial charge in [-0.3, -0.25) is 15.0 Å². The van der Waals surface area contributed by atoms with Crippen LogP contribution in [0.4, 0.5) is 21.4 Å². The number of aromatic nitrogens is 5. The third-order valence-electron chi connectivity index (χ3n) is 7.35. The Kier molecular flexibility index (Phi) is 7.48. The van der Waals surface area contributed by atoms with E-state index in [1.807, 2.05) is 48.5 Å². The summed E-state index contributed by atoms with van der Waals surface area (Å²) < 4.78 is 18.4. The van der Waals surface area contributed by atoms with Crippen molar-refractivity contribution < 1.29 is 23.8 Å². The summed E-state index contributed by atoms with van der Waals surface area (Å²) >= 11 is 1.48. The van der Waals surface area contributed by atoms with E-state index in [4.69, 9.17) is 19.3 Å². The lowest BCUT2D eigenvalue weighted by Gasteiger charge is -2.14. The maximum atomic E-state index is 13.0. The van der Waals surface area contributed by atoms with Crippen molar-refractivity contribution in [1.29, 1.82) is 0 Å². The van der Waals surface area contributed by atoms with Crippen LogP contribution in [-0.4, -0.2) is 50.0 Å². The summed E-state index contributed by atoms with van der Waals surface area (Å²) in [5.41, 5.74) is 2.60. The van der Waals surface area contributed by atoms with Crippen molar-refractivity contribution >= 4 is 39.9 Å². The molecule has 0 aliphatic carbocycles. The summed E-state index contributed by atoms with van der Waals surface area (Å²) in [6.07, 6.45) is 6.14. The first-order valence-corrected chi connectivity index (χ1v) is 15.5. The highest BCUT2D eigenvalue weighted by Gasteiger charge is 2.25. The number of carbonyl (C=O) groups is 2. The fourth-order valence-electron chi connectivity index (χ4n) is 4.93. The Balaban J connectivity index is 0.991.